The van der Waals surface area contributed by atoms with E-state index in [0.29, 0.717) is 28.7 Å². The number of nitrogens with two attached hydrogens (primary N) is 1. The molecule has 2 aromatic rings. The van der Waals surface area contributed by atoms with Gasteiger partial charge in [-0.05, 0) is 38.5 Å². The zero-order valence-electron chi connectivity index (χ0n) is 14.9. The lowest BCUT2D eigenvalue weighted by Crippen LogP contribution is -2.14. The lowest BCUT2D eigenvalue weighted by molar-refractivity contribution is 0.0996. The highest BCUT2D eigenvalue weighted by molar-refractivity contribution is 6.24. The number of allylic oxidation sites excluding steroid dienone is 4. The fourth-order valence-electron chi connectivity index (χ4n) is 2.65. The average molecular weight is 346 g/mol. The monoisotopic (exact) mass is 346 g/mol. The number of carbonyl (C=O) groups is 1. The Labute approximate surface area is 153 Å². The second-order valence-electron chi connectivity index (χ2n) is 5.76. The minimum Gasteiger partial charge on any atom is -0.509 e. The highest BCUT2D eigenvalue weighted by Crippen LogP contribution is 2.27. The number of aliphatic hydroxyl groups excluding tert-OH is 1. The van der Waals surface area contributed by atoms with Gasteiger partial charge in [0.05, 0.1) is 5.56 Å². The van der Waals surface area contributed by atoms with Crippen molar-refractivity contribution < 1.29 is 9.90 Å². The Morgan fingerprint density at radius 1 is 1.54 bits per heavy atom. The molecule has 1 amide bonds. The number of aryl methyl sites for hydroxylation is 1. The van der Waals surface area contributed by atoms with Gasteiger partial charge in [-0.2, -0.15) is 5.26 Å². The zero-order chi connectivity index (χ0) is 19.4. The summed E-state index contributed by atoms with van der Waals surface area (Å²) in [4.78, 5) is 16.0. The Morgan fingerprint density at radius 2 is 2.23 bits per heavy atom. The third-order valence-corrected chi connectivity index (χ3v) is 3.91. The first-order chi connectivity index (χ1) is 12.3. The molecule has 26 heavy (non-hydrogen) atoms. The summed E-state index contributed by atoms with van der Waals surface area (Å²) in [7, 11) is 5.81. The van der Waals surface area contributed by atoms with E-state index in [2.05, 4.69) is 11.1 Å². The second-order valence-corrected chi connectivity index (χ2v) is 5.76. The van der Waals surface area contributed by atoms with Crippen LogP contribution in [0.25, 0.3) is 17.1 Å². The summed E-state index contributed by atoms with van der Waals surface area (Å²) >= 11 is 0. The first-order valence-electron chi connectivity index (χ1n) is 8.07. The van der Waals surface area contributed by atoms with E-state index in [0.717, 1.165) is 5.57 Å². The summed E-state index contributed by atoms with van der Waals surface area (Å²) in [6.45, 7) is 5.99. The standard InChI is InChI=1S/C19H19BN4O2/c1-4-16(25)14(20)7-11(3)6-12-8-15(18(22)26)23-19-17(12)13(9-21)10-24(19)5-2/h4,6-8,10,25H,5H2,1-3H3,(H2,22,26)/b11-6+,14-7+,16-4-. The summed E-state index contributed by atoms with van der Waals surface area (Å²) in [5, 5.41) is 19.8. The van der Waals surface area contributed by atoms with Crippen LogP contribution in [0.15, 0.2) is 41.2 Å². The molecule has 0 bridgehead atoms. The van der Waals surface area contributed by atoms with Crippen molar-refractivity contribution in [3.8, 4) is 6.07 Å². The van der Waals surface area contributed by atoms with Crippen molar-refractivity contribution >= 4 is 30.9 Å². The van der Waals surface area contributed by atoms with Gasteiger partial charge in [-0.25, -0.2) is 4.98 Å². The van der Waals surface area contributed by atoms with Crippen molar-refractivity contribution in [3.05, 3.63) is 58.0 Å². The summed E-state index contributed by atoms with van der Waals surface area (Å²) < 4.78 is 1.79. The molecule has 130 valence electrons. The molecule has 2 radical (unpaired) electrons. The van der Waals surface area contributed by atoms with Gasteiger partial charge in [0.25, 0.3) is 5.91 Å². The van der Waals surface area contributed by atoms with E-state index in [4.69, 9.17) is 13.6 Å². The average Bonchev–Trinajstić information content (AvgIpc) is 2.98. The molecule has 0 aliphatic heterocycles. The Bertz CT molecular complexity index is 1010. The molecule has 0 atom stereocenters. The highest BCUT2D eigenvalue weighted by Gasteiger charge is 2.16. The lowest BCUT2D eigenvalue weighted by atomic mass is 9.91. The van der Waals surface area contributed by atoms with Gasteiger partial charge in [0.1, 0.15) is 31.0 Å². The third-order valence-electron chi connectivity index (χ3n) is 3.91. The summed E-state index contributed by atoms with van der Waals surface area (Å²) in [5.74, 6) is -0.673. The van der Waals surface area contributed by atoms with Crippen LogP contribution in [0.2, 0.25) is 0 Å². The van der Waals surface area contributed by atoms with Crippen molar-refractivity contribution in [2.75, 3.05) is 0 Å². The van der Waals surface area contributed by atoms with Crippen LogP contribution in [0.5, 0.6) is 0 Å². The van der Waals surface area contributed by atoms with Crippen LogP contribution in [-0.4, -0.2) is 28.4 Å². The number of hydrogen-bond donors (Lipinski definition) is 2. The van der Waals surface area contributed by atoms with Crippen LogP contribution in [-0.2, 0) is 6.54 Å². The third kappa shape index (κ3) is 3.70. The van der Waals surface area contributed by atoms with Crippen molar-refractivity contribution in [2.24, 2.45) is 5.73 Å². The van der Waals surface area contributed by atoms with Crippen molar-refractivity contribution in [2.45, 2.75) is 27.3 Å². The number of carbonyl (C=O) groups excluding carboxylic acids is 1. The Hall–Kier alpha value is -3.27. The largest absolute Gasteiger partial charge is 0.509 e. The first kappa shape index (κ1) is 19.1. The minimum atomic E-state index is -0.650. The summed E-state index contributed by atoms with van der Waals surface area (Å²) in [6, 6.07) is 3.71. The van der Waals surface area contributed by atoms with E-state index in [9.17, 15) is 15.2 Å². The summed E-state index contributed by atoms with van der Waals surface area (Å²) in [6.07, 6.45) is 6.57. The molecule has 0 unspecified atom stereocenters. The molecular formula is C19H19BN4O2. The number of amides is 1. The fourth-order valence-corrected chi connectivity index (χ4v) is 2.65. The van der Waals surface area contributed by atoms with Gasteiger partial charge in [0, 0.05) is 18.1 Å². The Kier molecular flexibility index (Phi) is 5.68. The normalized spacial score (nSPS) is 13.1. The minimum absolute atomic E-state index is 0.0229. The molecule has 0 fully saturated rings. The SMILES string of the molecule is [B]C(=C/C(C)=C/c1cc(C(N)=O)nc2c1c(C#N)cn2CC)/C(O)=C/C. The highest BCUT2D eigenvalue weighted by atomic mass is 16.3. The van der Waals surface area contributed by atoms with Crippen LogP contribution in [0.1, 0.15) is 42.4 Å². The van der Waals surface area contributed by atoms with Gasteiger partial charge in [-0.3, -0.25) is 4.79 Å². The number of fused-ring (bicyclic) bond motifs is 1. The maximum Gasteiger partial charge on any atom is 0.267 e. The number of primary amides is 1. The van der Waals surface area contributed by atoms with Crippen LogP contribution in [0.3, 0.4) is 0 Å². The van der Waals surface area contributed by atoms with E-state index in [-0.39, 0.29) is 16.9 Å². The molecule has 2 rings (SSSR count). The van der Waals surface area contributed by atoms with E-state index in [1.165, 1.54) is 6.08 Å². The molecule has 0 aromatic carbocycles. The topological polar surface area (TPSA) is 105 Å². The maximum atomic E-state index is 11.7. The zero-order valence-corrected chi connectivity index (χ0v) is 14.9. The molecule has 2 aromatic heterocycles. The van der Waals surface area contributed by atoms with Crippen LogP contribution < -0.4 is 5.73 Å². The molecule has 0 aliphatic rings. The number of nitrogens with zero attached hydrogens (tertiary/aromatic N) is 3. The predicted molar refractivity (Wildman–Crippen MR) is 103 cm³/mol. The number of aromatic nitrogens is 2. The fraction of sp³-hybridized carbons (Fsp3) is 0.211. The number of aliphatic hydroxyl groups is 1. The van der Waals surface area contributed by atoms with Crippen molar-refractivity contribution in [1.82, 2.24) is 9.55 Å². The predicted octanol–water partition coefficient (Wildman–Crippen LogP) is 2.94. The number of nitriles is 1. The van der Waals surface area contributed by atoms with E-state index in [1.54, 1.807) is 42.8 Å². The number of rotatable bonds is 5. The number of pyridine rings is 1. The van der Waals surface area contributed by atoms with Gasteiger partial charge in [-0.15, -0.1) is 0 Å². The second kappa shape index (κ2) is 7.75. The first-order valence-corrected chi connectivity index (χ1v) is 8.07. The van der Waals surface area contributed by atoms with E-state index < -0.39 is 5.91 Å². The molecule has 2 heterocycles. The number of hydrogen-bond acceptors (Lipinski definition) is 4. The molecule has 6 nitrogen and oxygen atoms in total. The molecule has 7 heteroatoms. The molecule has 0 saturated heterocycles. The molecule has 0 saturated carbocycles. The quantitative estimate of drug-likeness (QED) is 0.493. The Morgan fingerprint density at radius 3 is 2.77 bits per heavy atom. The van der Waals surface area contributed by atoms with Gasteiger partial charge in [-0.1, -0.05) is 23.2 Å². The maximum absolute atomic E-state index is 11.7. The molecule has 0 aliphatic carbocycles. The molecule has 0 spiro atoms. The van der Waals surface area contributed by atoms with E-state index in [1.807, 2.05) is 6.92 Å². The van der Waals surface area contributed by atoms with E-state index >= 15 is 0 Å². The Balaban J connectivity index is 2.76. The van der Waals surface area contributed by atoms with Gasteiger partial charge >= 0.3 is 0 Å². The summed E-state index contributed by atoms with van der Waals surface area (Å²) in [5.41, 5.74) is 8.07. The molecular weight excluding hydrogens is 327 g/mol. The van der Waals surface area contributed by atoms with Gasteiger partial charge in [0.2, 0.25) is 0 Å². The van der Waals surface area contributed by atoms with Crippen LogP contribution >= 0.6 is 0 Å². The van der Waals surface area contributed by atoms with Crippen LogP contribution in [0, 0.1) is 11.3 Å². The van der Waals surface area contributed by atoms with Gasteiger partial charge in [0.15, 0.2) is 0 Å². The van der Waals surface area contributed by atoms with Crippen molar-refractivity contribution in [3.63, 3.8) is 0 Å². The van der Waals surface area contributed by atoms with Crippen molar-refractivity contribution in [1.29, 1.82) is 5.26 Å². The smallest absolute Gasteiger partial charge is 0.267 e. The van der Waals surface area contributed by atoms with Gasteiger partial charge < -0.3 is 15.4 Å². The molecule has 3 N–H and O–H groups in total. The lowest BCUT2D eigenvalue weighted by Gasteiger charge is -2.06. The van der Waals surface area contributed by atoms with Crippen LogP contribution in [0.4, 0.5) is 0 Å².